The predicted octanol–water partition coefficient (Wildman–Crippen LogP) is 0.0849. The number of carbonyl (C=O) groups is 1. The SMILES string of the molecule is NC(=NO)c1ccc(C(=O)NC2CCOCC2)nc1. The number of ether oxygens (including phenoxy) is 1. The Hall–Kier alpha value is -2.15. The maximum absolute atomic E-state index is 11.9. The second kappa shape index (κ2) is 6.14. The molecule has 2 heterocycles. The number of rotatable bonds is 3. The van der Waals surface area contributed by atoms with Crippen molar-refractivity contribution in [1.82, 2.24) is 10.3 Å². The number of hydrogen-bond donors (Lipinski definition) is 3. The van der Waals surface area contributed by atoms with E-state index < -0.39 is 0 Å². The van der Waals surface area contributed by atoms with Crippen molar-refractivity contribution < 1.29 is 14.7 Å². The van der Waals surface area contributed by atoms with Crippen molar-refractivity contribution in [3.8, 4) is 0 Å². The summed E-state index contributed by atoms with van der Waals surface area (Å²) in [7, 11) is 0. The molecule has 0 radical (unpaired) electrons. The van der Waals surface area contributed by atoms with Crippen LogP contribution < -0.4 is 11.1 Å². The molecule has 7 nitrogen and oxygen atoms in total. The van der Waals surface area contributed by atoms with Crippen LogP contribution in [0.1, 0.15) is 28.9 Å². The average Bonchev–Trinajstić information content (AvgIpc) is 2.47. The Morgan fingerprint density at radius 1 is 1.47 bits per heavy atom. The van der Waals surface area contributed by atoms with Crippen molar-refractivity contribution >= 4 is 11.7 Å². The van der Waals surface area contributed by atoms with Crippen molar-refractivity contribution in [2.45, 2.75) is 18.9 Å². The molecular formula is C12H16N4O3. The number of nitrogens with one attached hydrogen (secondary N) is 1. The van der Waals surface area contributed by atoms with Crippen LogP contribution >= 0.6 is 0 Å². The first-order chi connectivity index (χ1) is 9.20. The van der Waals surface area contributed by atoms with Gasteiger partial charge in [-0.1, -0.05) is 5.16 Å². The van der Waals surface area contributed by atoms with Gasteiger partial charge in [-0.05, 0) is 25.0 Å². The summed E-state index contributed by atoms with van der Waals surface area (Å²) in [6.07, 6.45) is 3.02. The molecule has 1 fully saturated rings. The molecule has 0 atom stereocenters. The Morgan fingerprint density at radius 3 is 2.79 bits per heavy atom. The van der Waals surface area contributed by atoms with E-state index >= 15 is 0 Å². The van der Waals surface area contributed by atoms with E-state index in [0.29, 0.717) is 24.5 Å². The lowest BCUT2D eigenvalue weighted by Crippen LogP contribution is -2.39. The number of nitrogens with two attached hydrogens (primary N) is 1. The fraction of sp³-hybridized carbons (Fsp3) is 0.417. The van der Waals surface area contributed by atoms with Crippen LogP contribution in [0.5, 0.6) is 0 Å². The molecule has 0 aromatic carbocycles. The molecule has 0 unspecified atom stereocenters. The molecule has 0 aliphatic carbocycles. The maximum atomic E-state index is 11.9. The normalized spacial score (nSPS) is 17.2. The van der Waals surface area contributed by atoms with Crippen molar-refractivity contribution in [2.24, 2.45) is 10.9 Å². The number of amidine groups is 1. The smallest absolute Gasteiger partial charge is 0.270 e. The van der Waals surface area contributed by atoms with Crippen molar-refractivity contribution in [1.29, 1.82) is 0 Å². The van der Waals surface area contributed by atoms with Crippen LogP contribution in [0.2, 0.25) is 0 Å². The van der Waals surface area contributed by atoms with Gasteiger partial charge < -0.3 is 21.0 Å². The minimum absolute atomic E-state index is 0.0381. The molecule has 1 aliphatic rings. The third kappa shape index (κ3) is 3.41. The first-order valence-electron chi connectivity index (χ1n) is 6.03. The van der Waals surface area contributed by atoms with Crippen LogP contribution in [0.15, 0.2) is 23.5 Å². The van der Waals surface area contributed by atoms with Gasteiger partial charge in [-0.2, -0.15) is 0 Å². The number of nitrogens with zero attached hydrogens (tertiary/aromatic N) is 2. The molecule has 1 aromatic heterocycles. The molecule has 7 heteroatoms. The first-order valence-corrected chi connectivity index (χ1v) is 6.03. The van der Waals surface area contributed by atoms with Gasteiger partial charge in [0.25, 0.3) is 5.91 Å². The van der Waals surface area contributed by atoms with Gasteiger partial charge in [0.1, 0.15) is 5.69 Å². The number of oxime groups is 1. The topological polar surface area (TPSA) is 110 Å². The van der Waals surface area contributed by atoms with Gasteiger partial charge in [0.05, 0.1) is 0 Å². The molecular weight excluding hydrogens is 248 g/mol. The second-order valence-corrected chi connectivity index (χ2v) is 4.28. The van der Waals surface area contributed by atoms with E-state index in [2.05, 4.69) is 15.5 Å². The summed E-state index contributed by atoms with van der Waals surface area (Å²) in [5, 5.41) is 14.3. The van der Waals surface area contributed by atoms with Crippen molar-refractivity contribution in [2.75, 3.05) is 13.2 Å². The number of amides is 1. The summed E-state index contributed by atoms with van der Waals surface area (Å²) in [6.45, 7) is 1.33. The molecule has 102 valence electrons. The largest absolute Gasteiger partial charge is 0.409 e. The van der Waals surface area contributed by atoms with E-state index in [1.165, 1.54) is 6.20 Å². The summed E-state index contributed by atoms with van der Waals surface area (Å²) >= 11 is 0. The molecule has 2 rings (SSSR count). The van der Waals surface area contributed by atoms with Gasteiger partial charge in [-0.15, -0.1) is 0 Å². The quantitative estimate of drug-likeness (QED) is 0.310. The lowest BCUT2D eigenvalue weighted by molar-refractivity contribution is 0.0694. The van der Waals surface area contributed by atoms with Crippen molar-refractivity contribution in [3.05, 3.63) is 29.6 Å². The molecule has 1 aliphatic heterocycles. The van der Waals surface area contributed by atoms with Crippen LogP contribution in [0.4, 0.5) is 0 Å². The zero-order chi connectivity index (χ0) is 13.7. The highest BCUT2D eigenvalue weighted by molar-refractivity contribution is 5.98. The van der Waals surface area contributed by atoms with Gasteiger partial charge in [0.15, 0.2) is 5.84 Å². The van der Waals surface area contributed by atoms with Crippen LogP contribution in [0, 0.1) is 0 Å². The van der Waals surface area contributed by atoms with Gasteiger partial charge in [-0.3, -0.25) is 9.78 Å². The van der Waals surface area contributed by atoms with E-state index in [4.69, 9.17) is 15.7 Å². The fourth-order valence-corrected chi connectivity index (χ4v) is 1.84. The third-order valence-electron chi connectivity index (χ3n) is 2.96. The Balaban J connectivity index is 1.99. The standard InChI is InChI=1S/C12H16N4O3/c13-11(16-18)8-1-2-10(14-7-8)12(17)15-9-3-5-19-6-4-9/h1-2,7,9,18H,3-6H2,(H2,13,16)(H,15,17). The van der Waals surface area contributed by atoms with E-state index in [1.54, 1.807) is 12.1 Å². The zero-order valence-corrected chi connectivity index (χ0v) is 10.4. The number of carbonyl (C=O) groups excluding carboxylic acids is 1. The maximum Gasteiger partial charge on any atom is 0.270 e. The highest BCUT2D eigenvalue weighted by Gasteiger charge is 2.17. The molecule has 0 bridgehead atoms. The first kappa shape index (κ1) is 13.3. The highest BCUT2D eigenvalue weighted by Crippen LogP contribution is 2.07. The van der Waals surface area contributed by atoms with Crippen LogP contribution in [0.25, 0.3) is 0 Å². The number of aromatic nitrogens is 1. The molecule has 1 saturated heterocycles. The Kier molecular flexibility index (Phi) is 4.30. The van der Waals surface area contributed by atoms with Gasteiger partial charge in [0, 0.05) is 31.0 Å². The summed E-state index contributed by atoms with van der Waals surface area (Å²) in [5.74, 6) is -0.262. The summed E-state index contributed by atoms with van der Waals surface area (Å²) in [4.78, 5) is 15.9. The molecule has 4 N–H and O–H groups in total. The average molecular weight is 264 g/mol. The fourth-order valence-electron chi connectivity index (χ4n) is 1.84. The Bertz CT molecular complexity index is 466. The molecule has 0 saturated carbocycles. The Morgan fingerprint density at radius 2 is 2.21 bits per heavy atom. The predicted molar refractivity (Wildman–Crippen MR) is 68.1 cm³/mol. The number of pyridine rings is 1. The lowest BCUT2D eigenvalue weighted by Gasteiger charge is -2.22. The molecule has 1 amide bonds. The molecule has 0 spiro atoms. The summed E-state index contributed by atoms with van der Waals surface area (Å²) in [6, 6.07) is 3.26. The van der Waals surface area contributed by atoms with Gasteiger partial charge >= 0.3 is 0 Å². The minimum Gasteiger partial charge on any atom is -0.409 e. The zero-order valence-electron chi connectivity index (χ0n) is 10.4. The van der Waals surface area contributed by atoms with Gasteiger partial charge in [-0.25, -0.2) is 0 Å². The van der Waals surface area contributed by atoms with Crippen LogP contribution in [-0.2, 0) is 4.74 Å². The van der Waals surface area contributed by atoms with E-state index in [1.807, 2.05) is 0 Å². The van der Waals surface area contributed by atoms with E-state index in [9.17, 15) is 4.79 Å². The highest BCUT2D eigenvalue weighted by atomic mass is 16.5. The minimum atomic E-state index is -0.224. The monoisotopic (exact) mass is 264 g/mol. The molecule has 19 heavy (non-hydrogen) atoms. The van der Waals surface area contributed by atoms with Crippen LogP contribution in [-0.4, -0.2) is 41.2 Å². The van der Waals surface area contributed by atoms with E-state index in [-0.39, 0.29) is 17.8 Å². The number of hydrogen-bond acceptors (Lipinski definition) is 5. The molecule has 1 aromatic rings. The van der Waals surface area contributed by atoms with Crippen LogP contribution in [0.3, 0.4) is 0 Å². The Labute approximate surface area is 110 Å². The summed E-state index contributed by atoms with van der Waals surface area (Å²) in [5.41, 5.74) is 6.18. The van der Waals surface area contributed by atoms with Crippen molar-refractivity contribution in [3.63, 3.8) is 0 Å². The van der Waals surface area contributed by atoms with Gasteiger partial charge in [0.2, 0.25) is 0 Å². The summed E-state index contributed by atoms with van der Waals surface area (Å²) < 4.78 is 5.22. The van der Waals surface area contributed by atoms with E-state index in [0.717, 1.165) is 12.8 Å². The second-order valence-electron chi connectivity index (χ2n) is 4.28. The lowest BCUT2D eigenvalue weighted by atomic mass is 10.1. The third-order valence-corrected chi connectivity index (χ3v) is 2.96.